The van der Waals surface area contributed by atoms with E-state index in [-0.39, 0.29) is 0 Å². The third kappa shape index (κ3) is 2.00. The van der Waals surface area contributed by atoms with Crippen molar-refractivity contribution in [2.24, 2.45) is 0 Å². The van der Waals surface area contributed by atoms with Crippen molar-refractivity contribution in [3.8, 4) is 12.3 Å². The zero-order chi connectivity index (χ0) is 9.97. The van der Waals surface area contributed by atoms with Crippen LogP contribution in [0.5, 0.6) is 0 Å². The third-order valence-electron chi connectivity index (χ3n) is 2.05. The summed E-state index contributed by atoms with van der Waals surface area (Å²) in [6.07, 6.45) is 7.06. The average molecular weight is 265 g/mol. The van der Waals surface area contributed by atoms with Gasteiger partial charge in [-0.15, -0.1) is 23.7 Å². The van der Waals surface area contributed by atoms with Gasteiger partial charge < -0.3 is 0 Å². The van der Waals surface area contributed by atoms with Crippen molar-refractivity contribution in [2.75, 3.05) is 0 Å². The number of rotatable bonds is 2. The molecule has 0 aliphatic carbocycles. The predicted molar refractivity (Wildman–Crippen MR) is 66.7 cm³/mol. The van der Waals surface area contributed by atoms with Crippen LogP contribution in [0.1, 0.15) is 11.3 Å². The Balaban J connectivity index is 2.37. The number of hydrogen-bond acceptors (Lipinski definition) is 1. The monoisotopic (exact) mass is 264 g/mol. The zero-order valence-electron chi connectivity index (χ0n) is 7.59. The Bertz CT molecular complexity index is 490. The Morgan fingerprint density at radius 3 is 3.00 bits per heavy atom. The minimum Gasteiger partial charge on any atom is -0.140 e. The molecule has 0 spiro atoms. The summed E-state index contributed by atoms with van der Waals surface area (Å²) in [5.74, 6) is 2.67. The predicted octanol–water partition coefficient (Wildman–Crippen LogP) is 4.23. The van der Waals surface area contributed by atoms with Crippen molar-refractivity contribution >= 4 is 37.4 Å². The molecular formula is C12H9BrS. The Hall–Kier alpha value is -0.780. The highest BCUT2D eigenvalue weighted by Gasteiger charge is 2.01. The summed E-state index contributed by atoms with van der Waals surface area (Å²) < 4.78 is 2.46. The van der Waals surface area contributed by atoms with Gasteiger partial charge in [0.05, 0.1) is 0 Å². The molecule has 14 heavy (non-hydrogen) atoms. The zero-order valence-corrected chi connectivity index (χ0v) is 9.99. The molecule has 1 aromatic heterocycles. The number of hydrogen-bond donors (Lipinski definition) is 0. The van der Waals surface area contributed by atoms with Gasteiger partial charge in [-0.3, -0.25) is 0 Å². The smallest absolute Gasteiger partial charge is 0.0356 e. The molecule has 0 N–H and O–H groups in total. The SMILES string of the molecule is C#CCCc1cc2ccc(Br)cc2s1. The molecule has 0 aliphatic heterocycles. The van der Waals surface area contributed by atoms with Crippen LogP contribution in [0, 0.1) is 12.3 Å². The fourth-order valence-corrected chi connectivity index (χ4v) is 2.99. The highest BCUT2D eigenvalue weighted by molar-refractivity contribution is 9.10. The van der Waals surface area contributed by atoms with E-state index in [1.54, 1.807) is 0 Å². The first-order chi connectivity index (χ1) is 6.79. The van der Waals surface area contributed by atoms with Crippen LogP contribution in [0.3, 0.4) is 0 Å². The van der Waals surface area contributed by atoms with Gasteiger partial charge in [0.1, 0.15) is 0 Å². The number of aryl methyl sites for hydroxylation is 1. The van der Waals surface area contributed by atoms with Gasteiger partial charge in [-0.1, -0.05) is 22.0 Å². The molecule has 0 bridgehead atoms. The largest absolute Gasteiger partial charge is 0.140 e. The van der Waals surface area contributed by atoms with Crippen LogP contribution >= 0.6 is 27.3 Å². The van der Waals surface area contributed by atoms with Gasteiger partial charge in [-0.2, -0.15) is 0 Å². The van der Waals surface area contributed by atoms with Gasteiger partial charge in [0.25, 0.3) is 0 Å². The molecule has 1 heterocycles. The number of halogens is 1. The van der Waals surface area contributed by atoms with Crippen LogP contribution < -0.4 is 0 Å². The van der Waals surface area contributed by atoms with E-state index in [2.05, 4.69) is 46.1 Å². The summed E-state index contributed by atoms with van der Waals surface area (Å²) in [5, 5.41) is 1.31. The molecule has 2 rings (SSSR count). The highest BCUT2D eigenvalue weighted by atomic mass is 79.9. The summed E-state index contributed by atoms with van der Waals surface area (Å²) in [6, 6.07) is 8.58. The van der Waals surface area contributed by atoms with Crippen molar-refractivity contribution in [3.05, 3.63) is 33.6 Å². The van der Waals surface area contributed by atoms with Crippen molar-refractivity contribution < 1.29 is 0 Å². The summed E-state index contributed by atoms with van der Waals surface area (Å²) in [5.41, 5.74) is 0. The lowest BCUT2D eigenvalue weighted by Crippen LogP contribution is -1.74. The number of benzene rings is 1. The maximum atomic E-state index is 5.24. The standard InChI is InChI=1S/C12H9BrS/c1-2-3-4-11-7-9-5-6-10(13)8-12(9)14-11/h1,5-8H,3-4H2. The second-order valence-electron chi connectivity index (χ2n) is 3.10. The molecule has 70 valence electrons. The van der Waals surface area contributed by atoms with Crippen LogP contribution in [0.2, 0.25) is 0 Å². The van der Waals surface area contributed by atoms with Gasteiger partial charge in [0, 0.05) is 20.5 Å². The average Bonchev–Trinajstić information content (AvgIpc) is 2.56. The van der Waals surface area contributed by atoms with E-state index in [0.717, 1.165) is 17.3 Å². The van der Waals surface area contributed by atoms with E-state index in [1.165, 1.54) is 15.0 Å². The van der Waals surface area contributed by atoms with Crippen LogP contribution in [0.25, 0.3) is 10.1 Å². The fourth-order valence-electron chi connectivity index (χ4n) is 1.38. The lowest BCUT2D eigenvalue weighted by Gasteiger charge is -1.88. The van der Waals surface area contributed by atoms with Crippen LogP contribution in [0.4, 0.5) is 0 Å². The van der Waals surface area contributed by atoms with E-state index in [9.17, 15) is 0 Å². The Labute approximate surface area is 96.1 Å². The molecule has 0 radical (unpaired) electrons. The number of thiophene rings is 1. The maximum Gasteiger partial charge on any atom is 0.0356 e. The Morgan fingerprint density at radius 2 is 2.21 bits per heavy atom. The van der Waals surface area contributed by atoms with E-state index < -0.39 is 0 Å². The maximum absolute atomic E-state index is 5.24. The van der Waals surface area contributed by atoms with Crippen molar-refractivity contribution in [2.45, 2.75) is 12.8 Å². The third-order valence-corrected chi connectivity index (χ3v) is 3.70. The van der Waals surface area contributed by atoms with Gasteiger partial charge in [-0.25, -0.2) is 0 Å². The van der Waals surface area contributed by atoms with Crippen LogP contribution in [0.15, 0.2) is 28.7 Å². The van der Waals surface area contributed by atoms with Crippen molar-refractivity contribution in [1.29, 1.82) is 0 Å². The van der Waals surface area contributed by atoms with Crippen LogP contribution in [-0.2, 0) is 6.42 Å². The molecular weight excluding hydrogens is 256 g/mol. The summed E-state index contributed by atoms with van der Waals surface area (Å²) in [6.45, 7) is 0. The minimum atomic E-state index is 0.827. The van der Waals surface area contributed by atoms with Gasteiger partial charge >= 0.3 is 0 Å². The molecule has 2 aromatic rings. The molecule has 2 heteroatoms. The quantitative estimate of drug-likeness (QED) is 0.713. The number of fused-ring (bicyclic) bond motifs is 1. The van der Waals surface area contributed by atoms with Gasteiger partial charge in [0.2, 0.25) is 0 Å². The molecule has 0 aliphatic rings. The molecule has 0 fully saturated rings. The molecule has 0 amide bonds. The van der Waals surface area contributed by atoms with Crippen LogP contribution in [-0.4, -0.2) is 0 Å². The lowest BCUT2D eigenvalue weighted by molar-refractivity contribution is 1.06. The number of terminal acetylenes is 1. The van der Waals surface area contributed by atoms with Crippen molar-refractivity contribution in [1.82, 2.24) is 0 Å². The summed E-state index contributed by atoms with van der Waals surface area (Å²) in [4.78, 5) is 1.37. The van der Waals surface area contributed by atoms with Gasteiger partial charge in [-0.05, 0) is 30.0 Å². The first-order valence-corrected chi connectivity index (χ1v) is 6.02. The summed E-state index contributed by atoms with van der Waals surface area (Å²) in [7, 11) is 0. The molecule has 0 nitrogen and oxygen atoms in total. The van der Waals surface area contributed by atoms with E-state index in [0.29, 0.717) is 0 Å². The van der Waals surface area contributed by atoms with E-state index >= 15 is 0 Å². The Morgan fingerprint density at radius 1 is 1.36 bits per heavy atom. The van der Waals surface area contributed by atoms with E-state index in [4.69, 9.17) is 6.42 Å². The normalized spacial score (nSPS) is 10.3. The molecule has 0 atom stereocenters. The molecule has 0 unspecified atom stereocenters. The fraction of sp³-hybridized carbons (Fsp3) is 0.167. The lowest BCUT2D eigenvalue weighted by atomic mass is 10.2. The molecule has 0 saturated carbocycles. The Kier molecular flexibility index (Phi) is 2.90. The molecule has 0 saturated heterocycles. The molecule has 1 aromatic carbocycles. The first-order valence-electron chi connectivity index (χ1n) is 4.41. The topological polar surface area (TPSA) is 0 Å². The highest BCUT2D eigenvalue weighted by Crippen LogP contribution is 2.28. The van der Waals surface area contributed by atoms with Crippen molar-refractivity contribution in [3.63, 3.8) is 0 Å². The first kappa shape index (κ1) is 9.76. The summed E-state index contributed by atoms with van der Waals surface area (Å²) >= 11 is 5.29. The van der Waals surface area contributed by atoms with E-state index in [1.807, 2.05) is 11.3 Å². The second-order valence-corrected chi connectivity index (χ2v) is 5.18. The van der Waals surface area contributed by atoms with Gasteiger partial charge in [0.15, 0.2) is 0 Å². The minimum absolute atomic E-state index is 0.827. The second kappa shape index (κ2) is 4.16.